The molecular weight excluding hydrogens is 334 g/mol. The number of carbonyl (C=O) groups is 1. The van der Waals surface area contributed by atoms with Gasteiger partial charge in [-0.3, -0.25) is 9.48 Å². The number of fused-ring (bicyclic) bond motifs is 2. The Bertz CT molecular complexity index is 789. The summed E-state index contributed by atoms with van der Waals surface area (Å²) in [5.41, 5.74) is 1.66. The third-order valence-electron chi connectivity index (χ3n) is 4.82. The van der Waals surface area contributed by atoms with Gasteiger partial charge in [-0.05, 0) is 30.7 Å². The fraction of sp³-hybridized carbons (Fsp3) is 0.474. The summed E-state index contributed by atoms with van der Waals surface area (Å²) in [4.78, 5) is 15.0. The van der Waals surface area contributed by atoms with Crippen LogP contribution in [0.5, 0.6) is 11.5 Å². The smallest absolute Gasteiger partial charge is 0.254 e. The van der Waals surface area contributed by atoms with Gasteiger partial charge in [0.2, 0.25) is 0 Å². The van der Waals surface area contributed by atoms with Crippen molar-refractivity contribution in [1.29, 1.82) is 0 Å². The van der Waals surface area contributed by atoms with Gasteiger partial charge in [0.25, 0.3) is 5.91 Å². The molecule has 1 atom stereocenters. The maximum absolute atomic E-state index is 13.1. The Morgan fingerprint density at radius 3 is 2.96 bits per heavy atom. The molecular formula is C19H23N3O4. The lowest BCUT2D eigenvalue weighted by molar-refractivity contribution is 0.0641. The second kappa shape index (κ2) is 7.37. The number of rotatable bonds is 4. The van der Waals surface area contributed by atoms with Crippen molar-refractivity contribution >= 4 is 5.91 Å². The van der Waals surface area contributed by atoms with Gasteiger partial charge in [-0.2, -0.15) is 5.10 Å². The van der Waals surface area contributed by atoms with Gasteiger partial charge in [-0.15, -0.1) is 0 Å². The molecule has 0 aliphatic carbocycles. The monoisotopic (exact) mass is 357 g/mol. The lowest BCUT2D eigenvalue weighted by Crippen LogP contribution is -2.41. The molecule has 2 aliphatic rings. The molecule has 1 amide bonds. The quantitative estimate of drug-likeness (QED) is 0.840. The van der Waals surface area contributed by atoms with E-state index in [9.17, 15) is 4.79 Å². The normalized spacial score (nSPS) is 19.0. The van der Waals surface area contributed by atoms with E-state index >= 15 is 0 Å². The van der Waals surface area contributed by atoms with Crippen molar-refractivity contribution < 1.29 is 19.0 Å². The van der Waals surface area contributed by atoms with E-state index in [1.165, 1.54) is 0 Å². The molecule has 2 aliphatic heterocycles. The Morgan fingerprint density at radius 2 is 2.12 bits per heavy atom. The molecule has 0 saturated carbocycles. The summed E-state index contributed by atoms with van der Waals surface area (Å²) in [6.45, 7) is 3.04. The van der Waals surface area contributed by atoms with Crippen LogP contribution in [0.3, 0.4) is 0 Å². The molecule has 0 radical (unpaired) electrons. The molecule has 0 unspecified atom stereocenters. The third-order valence-corrected chi connectivity index (χ3v) is 4.82. The molecule has 0 spiro atoms. The minimum atomic E-state index is -0.00415. The summed E-state index contributed by atoms with van der Waals surface area (Å²) in [6, 6.07) is 7.51. The highest BCUT2D eigenvalue weighted by atomic mass is 16.5. The van der Waals surface area contributed by atoms with Crippen LogP contribution in [-0.4, -0.2) is 54.1 Å². The van der Waals surface area contributed by atoms with Crippen LogP contribution >= 0.6 is 0 Å². The molecule has 0 saturated heterocycles. The Kier molecular flexibility index (Phi) is 4.79. The summed E-state index contributed by atoms with van der Waals surface area (Å²) in [7, 11) is 1.69. The van der Waals surface area contributed by atoms with Crippen molar-refractivity contribution in [3.8, 4) is 11.5 Å². The second-order valence-corrected chi connectivity index (χ2v) is 6.60. The molecule has 1 aromatic heterocycles. The Balaban J connectivity index is 1.56. The molecule has 7 heteroatoms. The average Bonchev–Trinajstić information content (AvgIpc) is 3.02. The molecule has 138 valence electrons. The molecule has 4 rings (SSSR count). The standard InChI is InChI=1S/C19H23N3O4/c1-24-10-6-16-13-21(12-15-5-7-20-22(15)16)19(23)14-3-4-17-18(11-14)26-9-2-8-25-17/h3-5,7,11,16H,2,6,8-10,12-13H2,1H3/t16-/m1/s1. The van der Waals surface area contributed by atoms with Crippen LogP contribution in [0.15, 0.2) is 30.5 Å². The van der Waals surface area contributed by atoms with Gasteiger partial charge in [0, 0.05) is 38.4 Å². The van der Waals surface area contributed by atoms with Gasteiger partial charge >= 0.3 is 0 Å². The second-order valence-electron chi connectivity index (χ2n) is 6.60. The first kappa shape index (κ1) is 16.9. The minimum Gasteiger partial charge on any atom is -0.490 e. The van der Waals surface area contributed by atoms with E-state index < -0.39 is 0 Å². The van der Waals surface area contributed by atoms with Crippen LogP contribution in [0.1, 0.15) is 34.9 Å². The fourth-order valence-electron chi connectivity index (χ4n) is 3.49. The predicted octanol–water partition coefficient (Wildman–Crippen LogP) is 2.28. The van der Waals surface area contributed by atoms with Gasteiger partial charge in [-0.1, -0.05) is 0 Å². The van der Waals surface area contributed by atoms with Gasteiger partial charge in [0.1, 0.15) is 0 Å². The van der Waals surface area contributed by atoms with Crippen LogP contribution in [-0.2, 0) is 11.3 Å². The zero-order valence-corrected chi connectivity index (χ0v) is 14.9. The number of hydrogen-bond donors (Lipinski definition) is 0. The van der Waals surface area contributed by atoms with E-state index in [1.807, 2.05) is 27.8 Å². The summed E-state index contributed by atoms with van der Waals surface area (Å²) < 4.78 is 18.6. The maximum atomic E-state index is 13.1. The van der Waals surface area contributed by atoms with Crippen LogP contribution in [0.25, 0.3) is 0 Å². The molecule has 1 aromatic carbocycles. The Morgan fingerprint density at radius 1 is 1.27 bits per heavy atom. The fourth-order valence-corrected chi connectivity index (χ4v) is 3.49. The first-order chi connectivity index (χ1) is 12.8. The van der Waals surface area contributed by atoms with Gasteiger partial charge in [0.05, 0.1) is 31.5 Å². The van der Waals surface area contributed by atoms with Crippen LogP contribution in [0, 0.1) is 0 Å². The van der Waals surface area contributed by atoms with Gasteiger partial charge in [-0.25, -0.2) is 0 Å². The Labute approximate surface area is 152 Å². The molecule has 0 bridgehead atoms. The van der Waals surface area contributed by atoms with Crippen molar-refractivity contribution in [2.45, 2.75) is 25.4 Å². The predicted molar refractivity (Wildman–Crippen MR) is 94.5 cm³/mol. The minimum absolute atomic E-state index is 0.00415. The summed E-state index contributed by atoms with van der Waals surface area (Å²) in [5, 5.41) is 4.41. The summed E-state index contributed by atoms with van der Waals surface area (Å²) >= 11 is 0. The van der Waals surface area contributed by atoms with E-state index in [-0.39, 0.29) is 11.9 Å². The maximum Gasteiger partial charge on any atom is 0.254 e. The first-order valence-corrected chi connectivity index (χ1v) is 8.96. The van der Waals surface area contributed by atoms with Crippen LogP contribution in [0.4, 0.5) is 0 Å². The largest absolute Gasteiger partial charge is 0.490 e. The Hall–Kier alpha value is -2.54. The third kappa shape index (κ3) is 3.26. The van der Waals surface area contributed by atoms with Crippen molar-refractivity contribution in [3.05, 3.63) is 41.7 Å². The van der Waals surface area contributed by atoms with E-state index in [4.69, 9.17) is 14.2 Å². The number of amides is 1. The van der Waals surface area contributed by atoms with E-state index in [2.05, 4.69) is 5.10 Å². The lowest BCUT2D eigenvalue weighted by atomic mass is 10.1. The highest BCUT2D eigenvalue weighted by molar-refractivity contribution is 5.95. The highest BCUT2D eigenvalue weighted by Crippen LogP contribution is 2.32. The number of ether oxygens (including phenoxy) is 3. The topological polar surface area (TPSA) is 65.8 Å². The number of methoxy groups -OCH3 is 1. The zero-order chi connectivity index (χ0) is 17.9. The SMILES string of the molecule is COCC[C@@H]1CN(C(=O)c2ccc3c(c2)OCCCO3)Cc2ccnn21. The highest BCUT2D eigenvalue weighted by Gasteiger charge is 2.29. The van der Waals surface area contributed by atoms with Crippen molar-refractivity contribution in [1.82, 2.24) is 14.7 Å². The molecule has 7 nitrogen and oxygen atoms in total. The molecule has 26 heavy (non-hydrogen) atoms. The number of aromatic nitrogens is 2. The molecule has 0 N–H and O–H groups in total. The summed E-state index contributed by atoms with van der Waals surface area (Å²) in [6.07, 6.45) is 3.45. The zero-order valence-electron chi connectivity index (χ0n) is 14.9. The number of carbonyl (C=O) groups excluding carboxylic acids is 1. The van der Waals surface area contributed by atoms with E-state index in [0.29, 0.717) is 50.0 Å². The van der Waals surface area contributed by atoms with E-state index in [0.717, 1.165) is 18.5 Å². The van der Waals surface area contributed by atoms with Crippen LogP contribution < -0.4 is 9.47 Å². The molecule has 3 heterocycles. The van der Waals surface area contributed by atoms with Gasteiger partial charge in [0.15, 0.2) is 11.5 Å². The van der Waals surface area contributed by atoms with Crippen molar-refractivity contribution in [3.63, 3.8) is 0 Å². The van der Waals surface area contributed by atoms with Crippen molar-refractivity contribution in [2.75, 3.05) is 33.5 Å². The van der Waals surface area contributed by atoms with Crippen molar-refractivity contribution in [2.24, 2.45) is 0 Å². The average molecular weight is 357 g/mol. The number of hydrogen-bond acceptors (Lipinski definition) is 5. The summed E-state index contributed by atoms with van der Waals surface area (Å²) in [5.74, 6) is 1.34. The molecule has 2 aromatic rings. The van der Waals surface area contributed by atoms with Crippen LogP contribution in [0.2, 0.25) is 0 Å². The molecule has 0 fully saturated rings. The lowest BCUT2D eigenvalue weighted by Gasteiger charge is -2.34. The number of nitrogens with zero attached hydrogens (tertiary/aromatic N) is 3. The number of benzene rings is 1. The first-order valence-electron chi connectivity index (χ1n) is 8.96. The van der Waals surface area contributed by atoms with E-state index in [1.54, 1.807) is 19.4 Å². The van der Waals surface area contributed by atoms with Gasteiger partial charge < -0.3 is 19.1 Å².